The Hall–Kier alpha value is -1.31. The van der Waals surface area contributed by atoms with Crippen molar-refractivity contribution in [2.24, 2.45) is 5.92 Å². The Labute approximate surface area is 109 Å². The molecular weight excluding hydrogens is 224 g/mol. The number of carbonyl (C=O) groups excluding carboxylic acids is 1. The molecule has 18 heavy (non-hydrogen) atoms. The van der Waals surface area contributed by atoms with Crippen LogP contribution in [-0.4, -0.2) is 12.9 Å². The van der Waals surface area contributed by atoms with Crippen molar-refractivity contribution in [2.75, 3.05) is 6.61 Å². The predicted molar refractivity (Wildman–Crippen MR) is 73.1 cm³/mol. The number of rotatable bonds is 4. The van der Waals surface area contributed by atoms with Crippen LogP contribution < -0.4 is 4.74 Å². The zero-order valence-electron chi connectivity index (χ0n) is 10.9. The minimum Gasteiger partial charge on any atom is -0.493 e. The van der Waals surface area contributed by atoms with Crippen LogP contribution >= 0.6 is 0 Å². The van der Waals surface area contributed by atoms with E-state index in [1.165, 1.54) is 44.9 Å². The van der Waals surface area contributed by atoms with Gasteiger partial charge in [0.1, 0.15) is 12.0 Å². The van der Waals surface area contributed by atoms with Crippen molar-refractivity contribution >= 4 is 6.29 Å². The molecule has 0 unspecified atom stereocenters. The van der Waals surface area contributed by atoms with Crippen molar-refractivity contribution in [3.05, 3.63) is 29.8 Å². The van der Waals surface area contributed by atoms with E-state index in [1.807, 2.05) is 12.1 Å². The number of aldehydes is 1. The lowest BCUT2D eigenvalue weighted by atomic mass is 9.92. The molecule has 1 aliphatic carbocycles. The van der Waals surface area contributed by atoms with Gasteiger partial charge >= 0.3 is 0 Å². The smallest absolute Gasteiger partial charge is 0.150 e. The molecule has 1 aromatic carbocycles. The molecule has 0 N–H and O–H groups in total. The van der Waals surface area contributed by atoms with Gasteiger partial charge in [0.05, 0.1) is 6.61 Å². The molecule has 2 nitrogen and oxygen atoms in total. The number of hydrogen-bond donors (Lipinski definition) is 0. The Morgan fingerprint density at radius 3 is 2.22 bits per heavy atom. The van der Waals surface area contributed by atoms with Gasteiger partial charge in [-0.3, -0.25) is 4.79 Å². The monoisotopic (exact) mass is 246 g/mol. The Kier molecular flexibility index (Phi) is 5.25. The van der Waals surface area contributed by atoms with E-state index in [0.29, 0.717) is 11.5 Å². The summed E-state index contributed by atoms with van der Waals surface area (Å²) in [6.45, 7) is 0.820. The zero-order valence-corrected chi connectivity index (χ0v) is 10.9. The van der Waals surface area contributed by atoms with Gasteiger partial charge in [-0.15, -0.1) is 0 Å². The fraction of sp³-hybridized carbons (Fsp3) is 0.562. The summed E-state index contributed by atoms with van der Waals surface area (Å²) in [5, 5.41) is 0. The van der Waals surface area contributed by atoms with E-state index in [0.717, 1.165) is 18.6 Å². The Morgan fingerprint density at radius 2 is 1.61 bits per heavy atom. The first-order valence-corrected chi connectivity index (χ1v) is 7.06. The molecule has 0 saturated heterocycles. The van der Waals surface area contributed by atoms with Crippen molar-refractivity contribution in [2.45, 2.75) is 44.9 Å². The van der Waals surface area contributed by atoms with Gasteiger partial charge in [0.15, 0.2) is 0 Å². The molecule has 0 aliphatic heterocycles. The highest BCUT2D eigenvalue weighted by molar-refractivity contribution is 5.74. The molecule has 1 saturated carbocycles. The summed E-state index contributed by atoms with van der Waals surface area (Å²) in [4.78, 5) is 10.6. The van der Waals surface area contributed by atoms with Gasteiger partial charge in [-0.25, -0.2) is 0 Å². The van der Waals surface area contributed by atoms with Gasteiger partial charge in [0.25, 0.3) is 0 Å². The average Bonchev–Trinajstić information content (AvgIpc) is 2.38. The van der Waals surface area contributed by atoms with Crippen LogP contribution in [0.4, 0.5) is 0 Å². The quantitative estimate of drug-likeness (QED) is 0.743. The van der Waals surface area contributed by atoms with Crippen LogP contribution in [0, 0.1) is 5.92 Å². The largest absolute Gasteiger partial charge is 0.493 e. The number of carbonyl (C=O) groups is 1. The third-order valence-electron chi connectivity index (χ3n) is 3.73. The van der Waals surface area contributed by atoms with Crippen LogP contribution in [0.25, 0.3) is 0 Å². The van der Waals surface area contributed by atoms with Crippen LogP contribution in [0.15, 0.2) is 24.3 Å². The van der Waals surface area contributed by atoms with E-state index in [9.17, 15) is 4.79 Å². The summed E-state index contributed by atoms with van der Waals surface area (Å²) in [5.41, 5.74) is 0.702. The fourth-order valence-corrected chi connectivity index (χ4v) is 2.56. The molecule has 98 valence electrons. The first kappa shape index (κ1) is 13.1. The standard InChI is InChI=1S/C16H22O2/c17-12-14-8-10-16(11-9-14)18-13-15-6-4-2-1-3-5-7-15/h8-12,15H,1-7,13H2. The van der Waals surface area contributed by atoms with Crippen molar-refractivity contribution in [1.82, 2.24) is 0 Å². The maximum atomic E-state index is 10.6. The normalized spacial score (nSPS) is 17.8. The summed E-state index contributed by atoms with van der Waals surface area (Å²) in [5.74, 6) is 1.58. The molecule has 0 atom stereocenters. The summed E-state index contributed by atoms with van der Waals surface area (Å²) in [6.07, 6.45) is 10.3. The van der Waals surface area contributed by atoms with Crippen LogP contribution in [0.5, 0.6) is 5.75 Å². The second-order valence-corrected chi connectivity index (χ2v) is 5.21. The van der Waals surface area contributed by atoms with Gasteiger partial charge in [-0.2, -0.15) is 0 Å². The first-order chi connectivity index (χ1) is 8.88. The van der Waals surface area contributed by atoms with Gasteiger partial charge in [0.2, 0.25) is 0 Å². The van der Waals surface area contributed by atoms with Crippen LogP contribution in [0.2, 0.25) is 0 Å². The lowest BCUT2D eigenvalue weighted by Gasteiger charge is -2.20. The van der Waals surface area contributed by atoms with Gasteiger partial charge in [-0.1, -0.05) is 32.1 Å². The summed E-state index contributed by atoms with van der Waals surface area (Å²) in [7, 11) is 0. The predicted octanol–water partition coefficient (Wildman–Crippen LogP) is 4.24. The molecular formula is C16H22O2. The molecule has 1 aromatic rings. The minimum atomic E-state index is 0.702. The molecule has 1 aliphatic rings. The van der Waals surface area contributed by atoms with E-state index < -0.39 is 0 Å². The van der Waals surface area contributed by atoms with Crippen molar-refractivity contribution in [3.63, 3.8) is 0 Å². The molecule has 0 bridgehead atoms. The molecule has 0 aromatic heterocycles. The lowest BCUT2D eigenvalue weighted by molar-refractivity contribution is 0.112. The second-order valence-electron chi connectivity index (χ2n) is 5.21. The Morgan fingerprint density at radius 1 is 1.00 bits per heavy atom. The highest BCUT2D eigenvalue weighted by atomic mass is 16.5. The number of benzene rings is 1. The van der Waals surface area contributed by atoms with Gasteiger partial charge < -0.3 is 4.74 Å². The summed E-state index contributed by atoms with van der Waals surface area (Å²) in [6, 6.07) is 7.38. The number of ether oxygens (including phenoxy) is 1. The van der Waals surface area contributed by atoms with Crippen molar-refractivity contribution in [3.8, 4) is 5.75 Å². The van der Waals surface area contributed by atoms with Crippen LogP contribution in [0.3, 0.4) is 0 Å². The maximum absolute atomic E-state index is 10.6. The van der Waals surface area contributed by atoms with Gasteiger partial charge in [-0.05, 0) is 43.0 Å². The van der Waals surface area contributed by atoms with Crippen molar-refractivity contribution < 1.29 is 9.53 Å². The Bertz CT molecular complexity index is 348. The SMILES string of the molecule is O=Cc1ccc(OCC2CCCCCCC2)cc1. The molecule has 0 radical (unpaired) electrons. The Balaban J connectivity index is 1.79. The topological polar surface area (TPSA) is 26.3 Å². The highest BCUT2D eigenvalue weighted by Gasteiger charge is 2.12. The molecule has 2 heteroatoms. The minimum absolute atomic E-state index is 0.702. The van der Waals surface area contributed by atoms with E-state index >= 15 is 0 Å². The first-order valence-electron chi connectivity index (χ1n) is 7.06. The molecule has 0 spiro atoms. The summed E-state index contributed by atoms with van der Waals surface area (Å²) >= 11 is 0. The fourth-order valence-electron chi connectivity index (χ4n) is 2.56. The highest BCUT2D eigenvalue weighted by Crippen LogP contribution is 2.23. The van der Waals surface area contributed by atoms with E-state index in [4.69, 9.17) is 4.74 Å². The number of hydrogen-bond acceptors (Lipinski definition) is 2. The third-order valence-corrected chi connectivity index (χ3v) is 3.73. The van der Waals surface area contributed by atoms with E-state index in [1.54, 1.807) is 12.1 Å². The van der Waals surface area contributed by atoms with Crippen LogP contribution in [-0.2, 0) is 0 Å². The maximum Gasteiger partial charge on any atom is 0.150 e. The van der Waals surface area contributed by atoms with Crippen molar-refractivity contribution in [1.29, 1.82) is 0 Å². The average molecular weight is 246 g/mol. The zero-order chi connectivity index (χ0) is 12.6. The van der Waals surface area contributed by atoms with E-state index in [-0.39, 0.29) is 0 Å². The third kappa shape index (κ3) is 4.17. The molecule has 2 rings (SSSR count). The van der Waals surface area contributed by atoms with E-state index in [2.05, 4.69) is 0 Å². The second kappa shape index (κ2) is 7.20. The van der Waals surface area contributed by atoms with Gasteiger partial charge in [0, 0.05) is 5.56 Å². The molecule has 0 amide bonds. The lowest BCUT2D eigenvalue weighted by Crippen LogP contribution is -2.13. The molecule has 0 heterocycles. The summed E-state index contributed by atoms with van der Waals surface area (Å²) < 4.78 is 5.83. The molecule has 1 fully saturated rings. The van der Waals surface area contributed by atoms with Crippen LogP contribution in [0.1, 0.15) is 55.3 Å².